The van der Waals surface area contributed by atoms with Crippen LogP contribution in [0.4, 0.5) is 0 Å². The molecule has 4 nitrogen and oxygen atoms in total. The average molecular weight is 344 g/mol. The molecule has 2 aromatic rings. The summed E-state index contributed by atoms with van der Waals surface area (Å²) in [5, 5.41) is 0. The highest BCUT2D eigenvalue weighted by Crippen LogP contribution is 2.37. The van der Waals surface area contributed by atoms with Gasteiger partial charge in [-0.2, -0.15) is 0 Å². The van der Waals surface area contributed by atoms with Crippen LogP contribution in [0.25, 0.3) is 0 Å². The van der Waals surface area contributed by atoms with Gasteiger partial charge >= 0.3 is 0 Å². The van der Waals surface area contributed by atoms with E-state index in [1.807, 2.05) is 60.7 Å². The van der Waals surface area contributed by atoms with Gasteiger partial charge in [-0.05, 0) is 5.56 Å². The molecular weight excluding hydrogens is 324 g/mol. The Morgan fingerprint density at radius 3 is 2.42 bits per heavy atom. The molecule has 0 N–H and O–H groups in total. The van der Waals surface area contributed by atoms with Crippen molar-refractivity contribution < 1.29 is 18.9 Å². The maximum atomic E-state index is 6.15. The molecule has 0 amide bonds. The summed E-state index contributed by atoms with van der Waals surface area (Å²) in [5.74, 6) is 0. The standard InChI is InChI=1S/C19H20O4S/c24-19-17(20-11-13-7-3-1-4-8-13)16-15(22-19)12-21-18(23-16)14-9-5-2-6-10-14/h1-10,15-19,24H,11-12H2/t15-,16-,17+,18?,19-/m1/s1. The maximum Gasteiger partial charge on any atom is 0.184 e. The number of rotatable bonds is 4. The van der Waals surface area contributed by atoms with Crippen LogP contribution in [0, 0.1) is 0 Å². The Labute approximate surface area is 147 Å². The summed E-state index contributed by atoms with van der Waals surface area (Å²) in [6.45, 7) is 0.988. The van der Waals surface area contributed by atoms with Gasteiger partial charge in [0.1, 0.15) is 23.7 Å². The van der Waals surface area contributed by atoms with Gasteiger partial charge < -0.3 is 18.9 Å². The van der Waals surface area contributed by atoms with Gasteiger partial charge in [0.15, 0.2) is 6.29 Å². The van der Waals surface area contributed by atoms with Gasteiger partial charge in [0, 0.05) is 5.56 Å². The Balaban J connectivity index is 1.44. The molecule has 2 aromatic carbocycles. The molecule has 1 unspecified atom stereocenters. The molecule has 126 valence electrons. The van der Waals surface area contributed by atoms with Crippen molar-refractivity contribution in [3.05, 3.63) is 71.8 Å². The van der Waals surface area contributed by atoms with Crippen molar-refractivity contribution >= 4 is 12.6 Å². The Hall–Kier alpha value is -1.37. The second-order valence-electron chi connectivity index (χ2n) is 6.00. The monoisotopic (exact) mass is 344 g/mol. The van der Waals surface area contributed by atoms with Gasteiger partial charge in [-0.25, -0.2) is 0 Å². The summed E-state index contributed by atoms with van der Waals surface area (Å²) in [5.41, 5.74) is 1.80. The van der Waals surface area contributed by atoms with Crippen molar-refractivity contribution in [2.24, 2.45) is 0 Å². The summed E-state index contributed by atoms with van der Waals surface area (Å²) < 4.78 is 23.9. The van der Waals surface area contributed by atoms with Crippen molar-refractivity contribution in [1.82, 2.24) is 0 Å². The number of ether oxygens (including phenoxy) is 4. The lowest BCUT2D eigenvalue weighted by Crippen LogP contribution is -2.43. The highest BCUT2D eigenvalue weighted by molar-refractivity contribution is 7.80. The molecule has 0 bridgehead atoms. The van der Waals surface area contributed by atoms with Crippen LogP contribution in [0.1, 0.15) is 17.4 Å². The lowest BCUT2D eigenvalue weighted by atomic mass is 10.1. The van der Waals surface area contributed by atoms with Crippen LogP contribution in [-0.2, 0) is 25.6 Å². The minimum Gasteiger partial charge on any atom is -0.367 e. The highest BCUT2D eigenvalue weighted by atomic mass is 32.1. The Morgan fingerprint density at radius 1 is 0.958 bits per heavy atom. The molecule has 2 aliphatic heterocycles. The molecular formula is C19H20O4S. The van der Waals surface area contributed by atoms with Gasteiger partial charge in [0.05, 0.1) is 13.2 Å². The van der Waals surface area contributed by atoms with Crippen molar-refractivity contribution in [3.8, 4) is 0 Å². The van der Waals surface area contributed by atoms with Gasteiger partial charge in [-0.1, -0.05) is 60.7 Å². The van der Waals surface area contributed by atoms with Crippen LogP contribution in [0.15, 0.2) is 60.7 Å². The predicted octanol–water partition coefficient (Wildman–Crippen LogP) is 3.34. The first-order valence-corrected chi connectivity index (χ1v) is 8.64. The third-order valence-corrected chi connectivity index (χ3v) is 4.75. The summed E-state index contributed by atoms with van der Waals surface area (Å²) in [7, 11) is 0. The van der Waals surface area contributed by atoms with Crippen LogP contribution < -0.4 is 0 Å². The van der Waals surface area contributed by atoms with E-state index in [0.29, 0.717) is 13.2 Å². The smallest absolute Gasteiger partial charge is 0.184 e. The molecule has 2 fully saturated rings. The zero-order chi connectivity index (χ0) is 16.4. The highest BCUT2D eigenvalue weighted by Gasteiger charge is 2.48. The normalized spacial score (nSPS) is 32.5. The molecule has 2 heterocycles. The van der Waals surface area contributed by atoms with E-state index in [1.54, 1.807) is 0 Å². The van der Waals surface area contributed by atoms with Crippen LogP contribution in [-0.4, -0.2) is 30.4 Å². The molecule has 4 rings (SSSR count). The molecule has 0 aliphatic carbocycles. The number of hydrogen-bond acceptors (Lipinski definition) is 5. The van der Waals surface area contributed by atoms with Gasteiger partial charge in [0.2, 0.25) is 0 Å². The number of hydrogen-bond donors (Lipinski definition) is 1. The summed E-state index contributed by atoms with van der Waals surface area (Å²) in [6.07, 6.45) is -0.949. The number of thiol groups is 1. The zero-order valence-electron chi connectivity index (χ0n) is 13.2. The van der Waals surface area contributed by atoms with Crippen LogP contribution in [0.2, 0.25) is 0 Å². The summed E-state index contributed by atoms with van der Waals surface area (Å²) in [6, 6.07) is 20.0. The van der Waals surface area contributed by atoms with E-state index >= 15 is 0 Å². The molecule has 5 atom stereocenters. The Morgan fingerprint density at radius 2 is 1.67 bits per heavy atom. The molecule has 0 spiro atoms. The van der Waals surface area contributed by atoms with Crippen LogP contribution in [0.5, 0.6) is 0 Å². The van der Waals surface area contributed by atoms with E-state index in [4.69, 9.17) is 18.9 Å². The molecule has 24 heavy (non-hydrogen) atoms. The lowest BCUT2D eigenvalue weighted by molar-refractivity contribution is -0.255. The second-order valence-corrected chi connectivity index (χ2v) is 6.51. The van der Waals surface area contributed by atoms with E-state index in [1.165, 1.54) is 0 Å². The van der Waals surface area contributed by atoms with Gasteiger partial charge in [0.25, 0.3) is 0 Å². The molecule has 5 heteroatoms. The van der Waals surface area contributed by atoms with Gasteiger partial charge in [-0.3, -0.25) is 0 Å². The van der Waals surface area contributed by atoms with Crippen molar-refractivity contribution in [1.29, 1.82) is 0 Å². The maximum absolute atomic E-state index is 6.15. The van der Waals surface area contributed by atoms with E-state index < -0.39 is 6.29 Å². The van der Waals surface area contributed by atoms with Crippen molar-refractivity contribution in [3.63, 3.8) is 0 Å². The molecule has 0 radical (unpaired) electrons. The fourth-order valence-electron chi connectivity index (χ4n) is 3.10. The first-order valence-electron chi connectivity index (χ1n) is 8.12. The number of fused-ring (bicyclic) bond motifs is 1. The van der Waals surface area contributed by atoms with E-state index in [2.05, 4.69) is 12.6 Å². The van der Waals surface area contributed by atoms with E-state index in [9.17, 15) is 0 Å². The summed E-state index contributed by atoms with van der Waals surface area (Å²) in [4.78, 5) is 0. The minimum atomic E-state index is -0.391. The third kappa shape index (κ3) is 3.36. The Kier molecular flexibility index (Phi) is 4.87. The molecule has 0 saturated carbocycles. The van der Waals surface area contributed by atoms with Gasteiger partial charge in [-0.15, -0.1) is 12.6 Å². The van der Waals surface area contributed by atoms with E-state index in [0.717, 1.165) is 11.1 Å². The Bertz CT molecular complexity index is 651. The zero-order valence-corrected chi connectivity index (χ0v) is 14.0. The molecule has 2 aliphatic rings. The first kappa shape index (κ1) is 16.1. The first-order chi connectivity index (χ1) is 11.8. The fraction of sp³-hybridized carbons (Fsp3) is 0.368. The quantitative estimate of drug-likeness (QED) is 0.863. The van der Waals surface area contributed by atoms with E-state index in [-0.39, 0.29) is 23.7 Å². The molecule has 0 aromatic heterocycles. The fourth-order valence-corrected chi connectivity index (χ4v) is 3.51. The van der Waals surface area contributed by atoms with Crippen LogP contribution in [0.3, 0.4) is 0 Å². The van der Waals surface area contributed by atoms with Crippen molar-refractivity contribution in [2.45, 2.75) is 36.6 Å². The number of benzene rings is 2. The predicted molar refractivity (Wildman–Crippen MR) is 92.7 cm³/mol. The average Bonchev–Trinajstić information content (AvgIpc) is 2.96. The summed E-state index contributed by atoms with van der Waals surface area (Å²) >= 11 is 4.52. The van der Waals surface area contributed by atoms with Crippen LogP contribution >= 0.6 is 12.6 Å². The van der Waals surface area contributed by atoms with Crippen molar-refractivity contribution in [2.75, 3.05) is 6.61 Å². The minimum absolute atomic E-state index is 0.145. The molecule has 2 saturated heterocycles. The lowest BCUT2D eigenvalue weighted by Gasteiger charge is -2.33. The second kappa shape index (κ2) is 7.25. The SMILES string of the molecule is S[C@H]1O[C@@H]2COC(c3ccccc3)O[C@H]2[C@@H]1OCc1ccccc1. The topological polar surface area (TPSA) is 36.9 Å². The largest absolute Gasteiger partial charge is 0.367 e. The third-order valence-electron chi connectivity index (χ3n) is 4.34.